The van der Waals surface area contributed by atoms with Gasteiger partial charge >= 0.3 is 0 Å². The largest absolute Gasteiger partial charge is 0.382 e. The molecule has 0 aromatic heterocycles. The molecule has 0 bridgehead atoms. The maximum atomic E-state index is 5.54. The van der Waals surface area contributed by atoms with E-state index in [-0.39, 0.29) is 0 Å². The summed E-state index contributed by atoms with van der Waals surface area (Å²) in [5.74, 6) is 0.838. The molecule has 2 nitrogen and oxygen atoms in total. The fourth-order valence-corrected chi connectivity index (χ4v) is 2.91. The lowest BCUT2D eigenvalue weighted by Gasteiger charge is -2.22. The summed E-state index contributed by atoms with van der Waals surface area (Å²) in [6.45, 7) is 5.83. The molecule has 2 atom stereocenters. The van der Waals surface area contributed by atoms with Crippen molar-refractivity contribution in [3.05, 3.63) is 29.8 Å². The van der Waals surface area contributed by atoms with Crippen molar-refractivity contribution in [3.8, 4) is 0 Å². The number of para-hydroxylation sites is 1. The van der Waals surface area contributed by atoms with Crippen LogP contribution in [0.4, 0.5) is 5.69 Å². The van der Waals surface area contributed by atoms with Crippen molar-refractivity contribution in [2.24, 2.45) is 5.92 Å². The predicted molar refractivity (Wildman–Crippen MR) is 76.8 cm³/mol. The summed E-state index contributed by atoms with van der Waals surface area (Å²) in [6.07, 6.45) is 5.33. The molecule has 0 amide bonds. The second kappa shape index (κ2) is 6.79. The number of anilines is 1. The van der Waals surface area contributed by atoms with Crippen LogP contribution in [0.15, 0.2) is 24.3 Å². The van der Waals surface area contributed by atoms with Crippen LogP contribution in [0, 0.1) is 5.92 Å². The second-order valence-corrected chi connectivity index (χ2v) is 5.14. The van der Waals surface area contributed by atoms with Gasteiger partial charge in [0.25, 0.3) is 0 Å². The number of ether oxygens (including phenoxy) is 1. The van der Waals surface area contributed by atoms with Gasteiger partial charge in [-0.2, -0.15) is 0 Å². The molecule has 1 fully saturated rings. The first-order valence-corrected chi connectivity index (χ1v) is 7.27. The minimum atomic E-state index is 0.651. The Morgan fingerprint density at radius 3 is 2.83 bits per heavy atom. The lowest BCUT2D eigenvalue weighted by molar-refractivity contribution is 0.134. The van der Waals surface area contributed by atoms with Crippen LogP contribution in [0.1, 0.15) is 45.1 Å². The normalized spacial score (nSPS) is 23.2. The highest BCUT2D eigenvalue weighted by Gasteiger charge is 2.25. The summed E-state index contributed by atoms with van der Waals surface area (Å²) < 4.78 is 5.54. The Morgan fingerprint density at radius 2 is 2.06 bits per heavy atom. The third-order valence-electron chi connectivity index (χ3n) is 4.00. The second-order valence-electron chi connectivity index (χ2n) is 5.14. The maximum Gasteiger partial charge on any atom is 0.0736 e. The quantitative estimate of drug-likeness (QED) is 0.813. The highest BCUT2D eigenvalue weighted by Crippen LogP contribution is 2.31. The van der Waals surface area contributed by atoms with Crippen LogP contribution in [0.25, 0.3) is 0 Å². The summed E-state index contributed by atoms with van der Waals surface area (Å²) >= 11 is 0. The van der Waals surface area contributed by atoms with Gasteiger partial charge in [0.05, 0.1) is 6.61 Å². The molecule has 0 saturated heterocycles. The van der Waals surface area contributed by atoms with E-state index in [1.807, 2.05) is 6.92 Å². The Balaban J connectivity index is 2.03. The Labute approximate surface area is 111 Å². The summed E-state index contributed by atoms with van der Waals surface area (Å²) in [6, 6.07) is 9.18. The fourth-order valence-electron chi connectivity index (χ4n) is 2.91. The molecule has 0 spiro atoms. The van der Waals surface area contributed by atoms with Gasteiger partial charge in [0.1, 0.15) is 0 Å². The van der Waals surface area contributed by atoms with Crippen LogP contribution in [-0.2, 0) is 11.3 Å². The molecule has 0 heterocycles. The van der Waals surface area contributed by atoms with Gasteiger partial charge in [-0.3, -0.25) is 0 Å². The maximum absolute atomic E-state index is 5.54. The fraction of sp³-hybridized carbons (Fsp3) is 0.625. The predicted octanol–water partition coefficient (Wildman–Crippen LogP) is 4.21. The zero-order chi connectivity index (χ0) is 12.8. The Hall–Kier alpha value is -1.02. The molecule has 100 valence electrons. The molecule has 1 aromatic carbocycles. The molecule has 1 aromatic rings. The van der Waals surface area contributed by atoms with Gasteiger partial charge in [-0.1, -0.05) is 38.0 Å². The zero-order valence-corrected chi connectivity index (χ0v) is 11.6. The lowest BCUT2D eigenvalue weighted by atomic mass is 10.00. The van der Waals surface area contributed by atoms with Gasteiger partial charge in [-0.15, -0.1) is 0 Å². The van der Waals surface area contributed by atoms with Crippen LogP contribution < -0.4 is 5.32 Å². The van der Waals surface area contributed by atoms with Gasteiger partial charge in [0.2, 0.25) is 0 Å². The standard InChI is InChI=1S/C16H25NO/c1-3-13-9-7-11-15(13)17-16-10-6-5-8-14(16)12-18-4-2/h5-6,8,10,13,15,17H,3-4,7,9,11-12H2,1-2H3. The molecule has 0 aliphatic heterocycles. The molecule has 1 saturated carbocycles. The van der Waals surface area contributed by atoms with Crippen molar-refractivity contribution in [3.63, 3.8) is 0 Å². The van der Waals surface area contributed by atoms with Gasteiger partial charge in [0, 0.05) is 23.9 Å². The third-order valence-corrected chi connectivity index (χ3v) is 4.00. The molecular weight excluding hydrogens is 222 g/mol. The highest BCUT2D eigenvalue weighted by atomic mass is 16.5. The van der Waals surface area contributed by atoms with Crippen molar-refractivity contribution in [1.29, 1.82) is 0 Å². The number of benzene rings is 1. The van der Waals surface area contributed by atoms with E-state index in [4.69, 9.17) is 4.74 Å². The zero-order valence-electron chi connectivity index (χ0n) is 11.6. The van der Waals surface area contributed by atoms with Crippen LogP contribution in [0.3, 0.4) is 0 Å². The van der Waals surface area contributed by atoms with Gasteiger partial charge in [-0.05, 0) is 31.7 Å². The smallest absolute Gasteiger partial charge is 0.0736 e. The first kappa shape index (κ1) is 13.4. The lowest BCUT2D eigenvalue weighted by Crippen LogP contribution is -2.24. The van der Waals surface area contributed by atoms with E-state index in [0.717, 1.165) is 12.5 Å². The molecule has 18 heavy (non-hydrogen) atoms. The molecule has 2 heteroatoms. The molecule has 2 unspecified atom stereocenters. The molecule has 1 N–H and O–H groups in total. The number of hydrogen-bond donors (Lipinski definition) is 1. The van der Waals surface area contributed by atoms with Crippen molar-refractivity contribution in [1.82, 2.24) is 0 Å². The van der Waals surface area contributed by atoms with Crippen molar-refractivity contribution >= 4 is 5.69 Å². The number of hydrogen-bond acceptors (Lipinski definition) is 2. The summed E-state index contributed by atoms with van der Waals surface area (Å²) in [7, 11) is 0. The Morgan fingerprint density at radius 1 is 1.22 bits per heavy atom. The van der Waals surface area contributed by atoms with E-state index in [1.54, 1.807) is 0 Å². The Kier molecular flexibility index (Phi) is 5.06. The van der Waals surface area contributed by atoms with Gasteiger partial charge < -0.3 is 10.1 Å². The first-order chi connectivity index (χ1) is 8.85. The monoisotopic (exact) mass is 247 g/mol. The van der Waals surface area contributed by atoms with Crippen LogP contribution in [-0.4, -0.2) is 12.6 Å². The van der Waals surface area contributed by atoms with Gasteiger partial charge in [0.15, 0.2) is 0 Å². The molecule has 1 aliphatic rings. The van der Waals surface area contributed by atoms with Crippen molar-refractivity contribution < 1.29 is 4.74 Å². The summed E-state index contributed by atoms with van der Waals surface area (Å²) in [5.41, 5.74) is 2.54. The average Bonchev–Trinajstić information content (AvgIpc) is 2.85. The topological polar surface area (TPSA) is 21.3 Å². The summed E-state index contributed by atoms with van der Waals surface area (Å²) in [4.78, 5) is 0. The molecular formula is C16H25NO. The van der Waals surface area contributed by atoms with E-state index in [0.29, 0.717) is 12.6 Å². The Bertz CT molecular complexity index is 364. The molecule has 1 aliphatic carbocycles. The SMILES string of the molecule is CCOCc1ccccc1NC1CCCC1CC. The van der Waals surface area contributed by atoms with E-state index < -0.39 is 0 Å². The third kappa shape index (κ3) is 3.26. The number of nitrogens with one attached hydrogen (secondary N) is 1. The minimum absolute atomic E-state index is 0.651. The van der Waals surface area contributed by atoms with Crippen LogP contribution in [0.2, 0.25) is 0 Å². The average molecular weight is 247 g/mol. The first-order valence-electron chi connectivity index (χ1n) is 7.27. The summed E-state index contributed by atoms with van der Waals surface area (Å²) in [5, 5.41) is 3.74. The van der Waals surface area contributed by atoms with Gasteiger partial charge in [-0.25, -0.2) is 0 Å². The highest BCUT2D eigenvalue weighted by molar-refractivity contribution is 5.51. The van der Waals surface area contributed by atoms with Crippen LogP contribution >= 0.6 is 0 Å². The van der Waals surface area contributed by atoms with E-state index in [1.165, 1.54) is 36.9 Å². The minimum Gasteiger partial charge on any atom is -0.382 e. The number of rotatable bonds is 6. The van der Waals surface area contributed by atoms with E-state index in [2.05, 4.69) is 36.5 Å². The van der Waals surface area contributed by atoms with E-state index in [9.17, 15) is 0 Å². The van der Waals surface area contributed by atoms with E-state index >= 15 is 0 Å². The van der Waals surface area contributed by atoms with Crippen LogP contribution in [0.5, 0.6) is 0 Å². The van der Waals surface area contributed by atoms with Crippen molar-refractivity contribution in [2.45, 2.75) is 52.2 Å². The van der Waals surface area contributed by atoms with Crippen molar-refractivity contribution in [2.75, 3.05) is 11.9 Å². The molecule has 2 rings (SSSR count). The molecule has 0 radical (unpaired) electrons.